The highest BCUT2D eigenvalue weighted by atomic mass is 35.5. The van der Waals surface area contributed by atoms with Crippen LogP contribution in [0.2, 0.25) is 5.02 Å². The van der Waals surface area contributed by atoms with Crippen LogP contribution < -0.4 is 5.32 Å². The van der Waals surface area contributed by atoms with Gasteiger partial charge in [-0.15, -0.1) is 0 Å². The predicted molar refractivity (Wildman–Crippen MR) is 77.0 cm³/mol. The number of hydrogen-bond donors (Lipinski definition) is 1. The summed E-state index contributed by atoms with van der Waals surface area (Å²) in [5, 5.41) is 2.51. The molecule has 22 heavy (non-hydrogen) atoms. The number of esters is 1. The Morgan fingerprint density at radius 2 is 2.14 bits per heavy atom. The SMILES string of the molecule is CC(NC(=O)COC(=O)c1c(F)cccc1Cl)c1ccco1. The predicted octanol–water partition coefficient (Wildman–Crippen LogP) is 3.11. The fourth-order valence-corrected chi connectivity index (χ4v) is 2.03. The number of furan rings is 1. The van der Waals surface area contributed by atoms with Crippen molar-refractivity contribution in [2.45, 2.75) is 13.0 Å². The molecule has 0 saturated heterocycles. The largest absolute Gasteiger partial charge is 0.467 e. The van der Waals surface area contributed by atoms with E-state index in [2.05, 4.69) is 5.32 Å². The summed E-state index contributed by atoms with van der Waals surface area (Å²) in [4.78, 5) is 23.5. The lowest BCUT2D eigenvalue weighted by molar-refractivity contribution is -0.125. The van der Waals surface area contributed by atoms with Crippen molar-refractivity contribution in [3.8, 4) is 0 Å². The molecule has 1 amide bonds. The molecular weight excluding hydrogens is 313 g/mol. The lowest BCUT2D eigenvalue weighted by atomic mass is 10.2. The van der Waals surface area contributed by atoms with Crippen LogP contribution in [0.5, 0.6) is 0 Å². The molecule has 7 heteroatoms. The van der Waals surface area contributed by atoms with Gasteiger partial charge in [0.1, 0.15) is 17.1 Å². The average Bonchev–Trinajstić information content (AvgIpc) is 2.99. The summed E-state index contributed by atoms with van der Waals surface area (Å²) in [6.45, 7) is 1.17. The Labute approximate surface area is 131 Å². The normalized spacial score (nSPS) is 11.8. The molecule has 1 unspecified atom stereocenters. The van der Waals surface area contributed by atoms with Crippen molar-refractivity contribution in [3.63, 3.8) is 0 Å². The van der Waals surface area contributed by atoms with Gasteiger partial charge in [-0.05, 0) is 31.2 Å². The first-order chi connectivity index (χ1) is 10.5. The van der Waals surface area contributed by atoms with Crippen molar-refractivity contribution in [2.24, 2.45) is 0 Å². The van der Waals surface area contributed by atoms with E-state index in [1.165, 1.54) is 18.4 Å². The molecule has 0 spiro atoms. The van der Waals surface area contributed by atoms with E-state index in [0.29, 0.717) is 5.76 Å². The van der Waals surface area contributed by atoms with E-state index in [-0.39, 0.29) is 11.1 Å². The maximum absolute atomic E-state index is 13.5. The number of carbonyl (C=O) groups is 2. The summed E-state index contributed by atoms with van der Waals surface area (Å²) >= 11 is 5.74. The van der Waals surface area contributed by atoms with Crippen molar-refractivity contribution in [1.29, 1.82) is 0 Å². The molecule has 2 aromatic rings. The number of halogens is 2. The van der Waals surface area contributed by atoms with Gasteiger partial charge < -0.3 is 14.5 Å². The molecule has 0 radical (unpaired) electrons. The lowest BCUT2D eigenvalue weighted by Crippen LogP contribution is -2.31. The number of ether oxygens (including phenoxy) is 1. The lowest BCUT2D eigenvalue weighted by Gasteiger charge is -2.12. The quantitative estimate of drug-likeness (QED) is 0.858. The Morgan fingerprint density at radius 3 is 2.77 bits per heavy atom. The van der Waals surface area contributed by atoms with Crippen molar-refractivity contribution in [1.82, 2.24) is 5.32 Å². The minimum absolute atomic E-state index is 0.0747. The van der Waals surface area contributed by atoms with E-state index in [9.17, 15) is 14.0 Å². The standard InChI is InChI=1S/C15H13ClFNO4/c1-9(12-6-3-7-21-12)18-13(19)8-22-15(20)14-10(16)4-2-5-11(14)17/h2-7,9H,8H2,1H3,(H,18,19). The number of hydrogen-bond acceptors (Lipinski definition) is 4. The second kappa shape index (κ2) is 7.09. The molecule has 0 aliphatic carbocycles. The first-order valence-electron chi connectivity index (χ1n) is 6.43. The maximum Gasteiger partial charge on any atom is 0.343 e. The number of rotatable bonds is 5. The molecule has 1 aromatic heterocycles. The second-order valence-electron chi connectivity index (χ2n) is 4.48. The fraction of sp³-hybridized carbons (Fsp3) is 0.200. The topological polar surface area (TPSA) is 68.5 Å². The zero-order valence-electron chi connectivity index (χ0n) is 11.6. The molecule has 1 N–H and O–H groups in total. The van der Waals surface area contributed by atoms with Gasteiger partial charge >= 0.3 is 5.97 Å². The van der Waals surface area contributed by atoms with E-state index in [0.717, 1.165) is 6.07 Å². The summed E-state index contributed by atoms with van der Waals surface area (Å²) in [7, 11) is 0. The number of carbonyl (C=O) groups excluding carboxylic acids is 2. The van der Waals surface area contributed by atoms with E-state index >= 15 is 0 Å². The van der Waals surface area contributed by atoms with Crippen LogP contribution in [0, 0.1) is 5.82 Å². The smallest absolute Gasteiger partial charge is 0.343 e. The molecule has 0 aliphatic heterocycles. The van der Waals surface area contributed by atoms with Gasteiger partial charge in [0, 0.05) is 0 Å². The van der Waals surface area contributed by atoms with Crippen LogP contribution in [0.25, 0.3) is 0 Å². The van der Waals surface area contributed by atoms with Gasteiger partial charge in [0.2, 0.25) is 0 Å². The fourth-order valence-electron chi connectivity index (χ4n) is 1.79. The van der Waals surface area contributed by atoms with Gasteiger partial charge in [0.05, 0.1) is 17.3 Å². The first-order valence-corrected chi connectivity index (χ1v) is 6.80. The van der Waals surface area contributed by atoms with Crippen molar-refractivity contribution in [3.05, 3.63) is 58.8 Å². The van der Waals surface area contributed by atoms with Crippen LogP contribution in [-0.4, -0.2) is 18.5 Å². The third-order valence-corrected chi connectivity index (χ3v) is 3.16. The Morgan fingerprint density at radius 1 is 1.36 bits per heavy atom. The molecule has 1 atom stereocenters. The van der Waals surface area contributed by atoms with Gasteiger partial charge in [0.25, 0.3) is 5.91 Å². The highest BCUT2D eigenvalue weighted by molar-refractivity contribution is 6.33. The van der Waals surface area contributed by atoms with Crippen molar-refractivity contribution < 1.29 is 23.1 Å². The molecule has 0 bridgehead atoms. The average molecular weight is 326 g/mol. The number of amides is 1. The molecule has 2 rings (SSSR count). The van der Waals surface area contributed by atoms with E-state index in [1.54, 1.807) is 19.1 Å². The number of nitrogens with one attached hydrogen (secondary N) is 1. The minimum atomic E-state index is -0.996. The monoisotopic (exact) mass is 325 g/mol. The maximum atomic E-state index is 13.5. The first kappa shape index (κ1) is 16.0. The molecule has 1 heterocycles. The summed E-state index contributed by atoms with van der Waals surface area (Å²) in [6, 6.07) is 6.83. The van der Waals surface area contributed by atoms with Crippen LogP contribution in [0.4, 0.5) is 4.39 Å². The van der Waals surface area contributed by atoms with E-state index in [1.807, 2.05) is 0 Å². The van der Waals surface area contributed by atoms with Gasteiger partial charge in [-0.3, -0.25) is 4.79 Å². The van der Waals surface area contributed by atoms with Gasteiger partial charge in [0.15, 0.2) is 6.61 Å². The summed E-state index contributed by atoms with van der Waals surface area (Å²) in [5.74, 6) is -1.77. The molecule has 0 aliphatic rings. The van der Waals surface area contributed by atoms with Gasteiger partial charge in [-0.25, -0.2) is 9.18 Å². The molecular formula is C15H13ClFNO4. The van der Waals surface area contributed by atoms with E-state index < -0.39 is 29.9 Å². The molecule has 0 saturated carbocycles. The minimum Gasteiger partial charge on any atom is -0.467 e. The summed E-state index contributed by atoms with van der Waals surface area (Å²) in [6.07, 6.45) is 1.48. The molecule has 116 valence electrons. The Kier molecular flexibility index (Phi) is 5.16. The zero-order valence-corrected chi connectivity index (χ0v) is 12.4. The summed E-state index contributed by atoms with van der Waals surface area (Å²) < 4.78 is 23.4. The van der Waals surface area contributed by atoms with E-state index in [4.69, 9.17) is 20.8 Å². The van der Waals surface area contributed by atoms with Crippen molar-refractivity contribution >= 4 is 23.5 Å². The Hall–Kier alpha value is -2.34. The van der Waals surface area contributed by atoms with Gasteiger partial charge in [-0.1, -0.05) is 17.7 Å². The van der Waals surface area contributed by atoms with Crippen LogP contribution in [-0.2, 0) is 9.53 Å². The highest BCUT2D eigenvalue weighted by Crippen LogP contribution is 2.19. The van der Waals surface area contributed by atoms with Crippen LogP contribution in [0.1, 0.15) is 29.1 Å². The number of benzene rings is 1. The Bertz CT molecular complexity index is 652. The third kappa shape index (κ3) is 3.85. The second-order valence-corrected chi connectivity index (χ2v) is 4.88. The van der Waals surface area contributed by atoms with Crippen molar-refractivity contribution in [2.75, 3.05) is 6.61 Å². The molecule has 0 fully saturated rings. The van der Waals surface area contributed by atoms with Crippen LogP contribution in [0.3, 0.4) is 0 Å². The highest BCUT2D eigenvalue weighted by Gasteiger charge is 2.19. The van der Waals surface area contributed by atoms with Crippen LogP contribution >= 0.6 is 11.6 Å². The van der Waals surface area contributed by atoms with Crippen LogP contribution in [0.15, 0.2) is 41.0 Å². The van der Waals surface area contributed by atoms with Gasteiger partial charge in [-0.2, -0.15) is 0 Å². The third-order valence-electron chi connectivity index (χ3n) is 2.85. The molecule has 5 nitrogen and oxygen atoms in total. The summed E-state index contributed by atoms with van der Waals surface area (Å²) in [5.41, 5.74) is -0.393. The Balaban J connectivity index is 1.90. The zero-order chi connectivity index (χ0) is 16.1. The molecule has 1 aromatic carbocycles.